The van der Waals surface area contributed by atoms with Gasteiger partial charge in [-0.05, 0) is 43.4 Å². The maximum absolute atomic E-state index is 12.8. The summed E-state index contributed by atoms with van der Waals surface area (Å²) in [7, 11) is 0. The van der Waals surface area contributed by atoms with Crippen molar-refractivity contribution in [3.05, 3.63) is 29.8 Å². The molecule has 0 aromatic heterocycles. The van der Waals surface area contributed by atoms with Gasteiger partial charge in [-0.1, -0.05) is 6.07 Å². The normalized spacial score (nSPS) is 29.8. The summed E-state index contributed by atoms with van der Waals surface area (Å²) < 4.78 is 38.5. The Balaban J connectivity index is 1.68. The summed E-state index contributed by atoms with van der Waals surface area (Å²) in [5, 5.41) is 0.958. The lowest BCUT2D eigenvalue weighted by atomic mass is 9.97. The second-order valence-corrected chi connectivity index (χ2v) is 6.22. The molecule has 3 fully saturated rings. The van der Waals surface area contributed by atoms with Crippen molar-refractivity contribution in [3.63, 3.8) is 0 Å². The Hall–Kier alpha value is -2.25. The van der Waals surface area contributed by atoms with E-state index in [4.69, 9.17) is 0 Å². The molecule has 23 heavy (non-hydrogen) atoms. The highest BCUT2D eigenvalue weighted by Gasteiger charge is 2.55. The first-order valence-electron chi connectivity index (χ1n) is 7.46. The molecule has 3 amide bonds. The Morgan fingerprint density at radius 3 is 2.70 bits per heavy atom. The Morgan fingerprint density at radius 2 is 1.96 bits per heavy atom. The van der Waals surface area contributed by atoms with Gasteiger partial charge < -0.3 is 4.90 Å². The average molecular weight is 325 g/mol. The van der Waals surface area contributed by atoms with Gasteiger partial charge in [-0.15, -0.1) is 0 Å². The highest BCUT2D eigenvalue weighted by atomic mass is 19.4. The minimum absolute atomic E-state index is 0.0283. The molecule has 0 radical (unpaired) electrons. The van der Waals surface area contributed by atoms with Crippen LogP contribution in [0.5, 0.6) is 0 Å². The molecule has 0 spiro atoms. The molecule has 4 rings (SSSR count). The van der Waals surface area contributed by atoms with E-state index in [2.05, 4.69) is 5.43 Å². The van der Waals surface area contributed by atoms with Gasteiger partial charge in [0.05, 0.1) is 11.3 Å². The first-order chi connectivity index (χ1) is 10.9. The largest absolute Gasteiger partial charge is 0.416 e. The molecule has 3 atom stereocenters. The van der Waals surface area contributed by atoms with Crippen LogP contribution in [-0.2, 0) is 11.0 Å². The van der Waals surface area contributed by atoms with E-state index in [0.29, 0.717) is 0 Å². The Bertz CT molecular complexity index is 691. The van der Waals surface area contributed by atoms with Crippen LogP contribution in [0.15, 0.2) is 24.3 Å². The maximum Gasteiger partial charge on any atom is 0.416 e. The van der Waals surface area contributed by atoms with Crippen LogP contribution in [0, 0.1) is 5.92 Å². The van der Waals surface area contributed by atoms with E-state index in [1.807, 2.05) is 0 Å². The quantitative estimate of drug-likeness (QED) is 0.863. The summed E-state index contributed by atoms with van der Waals surface area (Å²) in [5.41, 5.74) is 1.59. The van der Waals surface area contributed by atoms with Crippen molar-refractivity contribution in [2.75, 3.05) is 5.01 Å². The fourth-order valence-corrected chi connectivity index (χ4v) is 3.95. The zero-order chi connectivity index (χ0) is 16.4. The molecule has 122 valence electrons. The summed E-state index contributed by atoms with van der Waals surface area (Å²) in [4.78, 5) is 26.5. The number of fused-ring (bicyclic) bond motifs is 5. The molecule has 0 unspecified atom stereocenters. The molecule has 1 aromatic carbocycles. The second-order valence-electron chi connectivity index (χ2n) is 6.22. The summed E-state index contributed by atoms with van der Waals surface area (Å²) in [5.74, 6) is -0.261. The molecule has 1 aliphatic carbocycles. The number of amides is 3. The highest BCUT2D eigenvalue weighted by Crippen LogP contribution is 2.44. The maximum atomic E-state index is 12.8. The number of carbonyl (C=O) groups excluding carboxylic acids is 2. The standard InChI is InChI=1S/C15H14F3N3O2/c16-15(17,18)9-2-1-3-11(7-9)21-13(22)12-8-4-5-10(6-8)20(12)14(23)19-21/h1-3,7-8,10,12H,4-6H2,(H,19,23)/t8-,10+,12+/m0/s1. The number of hydrogen-bond acceptors (Lipinski definition) is 2. The van der Waals surface area contributed by atoms with Crippen molar-refractivity contribution in [1.82, 2.24) is 10.3 Å². The third-order valence-electron chi connectivity index (χ3n) is 4.93. The molecule has 2 saturated heterocycles. The zero-order valence-electron chi connectivity index (χ0n) is 12.0. The van der Waals surface area contributed by atoms with Gasteiger partial charge in [0.1, 0.15) is 6.04 Å². The summed E-state index contributed by atoms with van der Waals surface area (Å²) in [6.07, 6.45) is -1.95. The van der Waals surface area contributed by atoms with Gasteiger partial charge in [-0.25, -0.2) is 15.2 Å². The molecule has 1 saturated carbocycles. The lowest BCUT2D eigenvalue weighted by Crippen LogP contribution is -2.67. The van der Waals surface area contributed by atoms with E-state index in [9.17, 15) is 22.8 Å². The number of nitrogens with one attached hydrogen (secondary N) is 1. The Labute approximate surface area is 130 Å². The number of halogens is 3. The van der Waals surface area contributed by atoms with E-state index in [1.165, 1.54) is 12.1 Å². The van der Waals surface area contributed by atoms with Gasteiger partial charge in [0, 0.05) is 6.04 Å². The van der Waals surface area contributed by atoms with Crippen LogP contribution in [0.25, 0.3) is 0 Å². The fraction of sp³-hybridized carbons (Fsp3) is 0.467. The molecule has 1 aromatic rings. The lowest BCUT2D eigenvalue weighted by Gasteiger charge is -2.42. The van der Waals surface area contributed by atoms with Crippen LogP contribution in [0.2, 0.25) is 0 Å². The van der Waals surface area contributed by atoms with Crippen molar-refractivity contribution in [3.8, 4) is 0 Å². The van der Waals surface area contributed by atoms with Crippen molar-refractivity contribution >= 4 is 17.6 Å². The van der Waals surface area contributed by atoms with Crippen LogP contribution in [-0.4, -0.2) is 28.9 Å². The molecule has 1 N–H and O–H groups in total. The molecule has 2 bridgehead atoms. The van der Waals surface area contributed by atoms with Gasteiger partial charge in [-0.2, -0.15) is 13.2 Å². The summed E-state index contributed by atoms with van der Waals surface area (Å²) in [6, 6.07) is 3.51. The molecular weight excluding hydrogens is 311 g/mol. The van der Waals surface area contributed by atoms with Crippen molar-refractivity contribution < 1.29 is 22.8 Å². The minimum Gasteiger partial charge on any atom is -0.308 e. The van der Waals surface area contributed by atoms with Crippen molar-refractivity contribution in [1.29, 1.82) is 0 Å². The van der Waals surface area contributed by atoms with Gasteiger partial charge in [0.25, 0.3) is 5.91 Å². The predicted molar refractivity (Wildman–Crippen MR) is 74.2 cm³/mol. The number of alkyl halides is 3. The first-order valence-corrected chi connectivity index (χ1v) is 7.46. The van der Waals surface area contributed by atoms with Crippen LogP contribution in [0.4, 0.5) is 23.7 Å². The summed E-state index contributed by atoms with van der Waals surface area (Å²) >= 11 is 0. The predicted octanol–water partition coefficient (Wildman–Crippen LogP) is 2.53. The molecule has 5 nitrogen and oxygen atoms in total. The Kier molecular flexibility index (Phi) is 2.88. The van der Waals surface area contributed by atoms with Crippen molar-refractivity contribution in [2.24, 2.45) is 5.92 Å². The number of benzene rings is 1. The summed E-state index contributed by atoms with van der Waals surface area (Å²) in [6.45, 7) is 0. The number of piperidine rings is 1. The van der Waals surface area contributed by atoms with Gasteiger partial charge in [0.15, 0.2) is 0 Å². The number of anilines is 1. The number of rotatable bonds is 1. The first kappa shape index (κ1) is 14.3. The Morgan fingerprint density at radius 1 is 1.17 bits per heavy atom. The zero-order valence-corrected chi connectivity index (χ0v) is 12.0. The van der Waals surface area contributed by atoms with E-state index in [0.717, 1.165) is 36.4 Å². The fourth-order valence-electron chi connectivity index (χ4n) is 3.95. The number of nitrogens with zero attached hydrogens (tertiary/aromatic N) is 2. The average Bonchev–Trinajstić information content (AvgIpc) is 3.11. The van der Waals surface area contributed by atoms with E-state index in [1.54, 1.807) is 4.90 Å². The number of carbonyl (C=O) groups is 2. The molecular formula is C15H14F3N3O2. The van der Waals surface area contributed by atoms with E-state index >= 15 is 0 Å². The van der Waals surface area contributed by atoms with Crippen LogP contribution in [0.3, 0.4) is 0 Å². The molecule has 2 aliphatic heterocycles. The monoisotopic (exact) mass is 325 g/mol. The second kappa shape index (κ2) is 4.62. The number of hydrazine groups is 1. The SMILES string of the molecule is O=C1[C@H]2[C@H]3CC[C@H](C3)N2C(=O)NN1c1cccc(C(F)(F)F)c1. The van der Waals surface area contributed by atoms with Gasteiger partial charge in [-0.3, -0.25) is 4.79 Å². The minimum atomic E-state index is -4.50. The van der Waals surface area contributed by atoms with Crippen LogP contribution < -0.4 is 10.4 Å². The van der Waals surface area contributed by atoms with E-state index < -0.39 is 23.8 Å². The lowest BCUT2D eigenvalue weighted by molar-refractivity contribution is -0.137. The molecule has 2 heterocycles. The molecule has 8 heteroatoms. The van der Waals surface area contributed by atoms with E-state index in [-0.39, 0.29) is 23.6 Å². The third-order valence-corrected chi connectivity index (χ3v) is 4.93. The topological polar surface area (TPSA) is 52.7 Å². The van der Waals surface area contributed by atoms with Gasteiger partial charge >= 0.3 is 12.2 Å². The van der Waals surface area contributed by atoms with Gasteiger partial charge in [0.2, 0.25) is 0 Å². The smallest absolute Gasteiger partial charge is 0.308 e. The third kappa shape index (κ3) is 2.08. The van der Waals surface area contributed by atoms with Crippen LogP contribution in [0.1, 0.15) is 24.8 Å². The van der Waals surface area contributed by atoms with Crippen LogP contribution >= 0.6 is 0 Å². The highest BCUT2D eigenvalue weighted by molar-refractivity contribution is 6.04. The number of urea groups is 1. The van der Waals surface area contributed by atoms with Crippen molar-refractivity contribution in [2.45, 2.75) is 37.5 Å². The number of hydrogen-bond donors (Lipinski definition) is 1. The molecule has 3 aliphatic rings.